The van der Waals surface area contributed by atoms with Crippen molar-refractivity contribution in [1.82, 2.24) is 0 Å². The van der Waals surface area contributed by atoms with Gasteiger partial charge in [0.05, 0.1) is 19.9 Å². The zero-order valence-corrected chi connectivity index (χ0v) is 16.6. The molecule has 30 heavy (non-hydrogen) atoms. The summed E-state index contributed by atoms with van der Waals surface area (Å²) >= 11 is 0. The number of ether oxygens (including phenoxy) is 2. The maximum Gasteiger partial charge on any atom is 0.282 e. The number of aliphatic imine (C=N–C) groups is 1. The number of anilines is 1. The second kappa shape index (κ2) is 8.13. The number of nitrogens with zero attached hydrogens (tertiary/aromatic N) is 2. The Morgan fingerprint density at radius 1 is 0.933 bits per heavy atom. The average molecular weight is 400 g/mol. The summed E-state index contributed by atoms with van der Waals surface area (Å²) in [7, 11) is 3.08. The topological polar surface area (TPSA) is 71.4 Å². The Bertz CT molecular complexity index is 1140. The minimum Gasteiger partial charge on any atom is -0.504 e. The molecule has 1 N–H and O–H groups in total. The first kappa shape index (κ1) is 19.3. The van der Waals surface area contributed by atoms with Crippen molar-refractivity contribution in [3.05, 3.63) is 89.6 Å². The van der Waals surface area contributed by atoms with Crippen LogP contribution in [0.25, 0.3) is 6.08 Å². The molecular formula is C24H20N2O4. The first-order chi connectivity index (χ1) is 14.6. The van der Waals surface area contributed by atoms with Gasteiger partial charge in [0.1, 0.15) is 17.3 Å². The molecule has 3 aromatic rings. The maximum absolute atomic E-state index is 13.3. The van der Waals surface area contributed by atoms with Crippen LogP contribution in [-0.2, 0) is 4.79 Å². The van der Waals surface area contributed by atoms with E-state index < -0.39 is 0 Å². The van der Waals surface area contributed by atoms with Crippen LogP contribution in [0.15, 0.2) is 83.5 Å². The van der Waals surface area contributed by atoms with E-state index in [0.29, 0.717) is 28.6 Å². The molecule has 1 amide bonds. The molecule has 6 heteroatoms. The van der Waals surface area contributed by atoms with Gasteiger partial charge in [-0.05, 0) is 48.0 Å². The molecule has 0 aromatic heterocycles. The Morgan fingerprint density at radius 3 is 2.30 bits per heavy atom. The number of methoxy groups -OCH3 is 2. The van der Waals surface area contributed by atoms with Gasteiger partial charge in [-0.2, -0.15) is 0 Å². The van der Waals surface area contributed by atoms with Crippen LogP contribution in [0.5, 0.6) is 17.2 Å². The lowest BCUT2D eigenvalue weighted by Gasteiger charge is -2.18. The first-order valence-electron chi connectivity index (χ1n) is 9.32. The number of aromatic hydroxyl groups is 1. The van der Waals surface area contributed by atoms with Gasteiger partial charge >= 0.3 is 0 Å². The molecule has 4 rings (SSSR count). The third-order valence-corrected chi connectivity index (χ3v) is 4.73. The largest absolute Gasteiger partial charge is 0.504 e. The number of hydrogen-bond acceptors (Lipinski definition) is 5. The Morgan fingerprint density at radius 2 is 1.67 bits per heavy atom. The van der Waals surface area contributed by atoms with Gasteiger partial charge in [0.25, 0.3) is 5.91 Å². The standard InChI is InChI=1S/C24H20N2O4/c1-29-19-11-9-18(10-12-19)26-23(17-6-4-3-5-7-17)25-20(24(26)28)14-16-8-13-22(30-2)21(27)15-16/h3-15,27H,1-2H3/b20-14+. The van der Waals surface area contributed by atoms with E-state index in [1.807, 2.05) is 42.5 Å². The number of hydrogen-bond donors (Lipinski definition) is 1. The summed E-state index contributed by atoms with van der Waals surface area (Å²) in [5.74, 6) is 1.34. The minimum absolute atomic E-state index is 0.00318. The summed E-state index contributed by atoms with van der Waals surface area (Å²) in [6, 6.07) is 21.7. The molecule has 1 aliphatic heterocycles. The number of phenols is 1. The van der Waals surface area contributed by atoms with E-state index in [0.717, 1.165) is 5.56 Å². The number of carbonyl (C=O) groups excluding carboxylic acids is 1. The second-order valence-electron chi connectivity index (χ2n) is 6.60. The number of phenolic OH excluding ortho intramolecular Hbond substituents is 1. The van der Waals surface area contributed by atoms with Crippen molar-refractivity contribution in [3.8, 4) is 17.2 Å². The molecule has 0 unspecified atom stereocenters. The fourth-order valence-corrected chi connectivity index (χ4v) is 3.22. The van der Waals surface area contributed by atoms with Crippen molar-refractivity contribution in [2.24, 2.45) is 4.99 Å². The number of amidine groups is 1. The predicted molar refractivity (Wildman–Crippen MR) is 116 cm³/mol. The van der Waals surface area contributed by atoms with Crippen molar-refractivity contribution < 1.29 is 19.4 Å². The zero-order valence-electron chi connectivity index (χ0n) is 16.6. The highest BCUT2D eigenvalue weighted by atomic mass is 16.5. The Balaban J connectivity index is 1.78. The van der Waals surface area contributed by atoms with Crippen LogP contribution >= 0.6 is 0 Å². The van der Waals surface area contributed by atoms with Crippen LogP contribution in [-0.4, -0.2) is 31.1 Å². The Labute approximate surface area is 174 Å². The van der Waals surface area contributed by atoms with Crippen LogP contribution in [0, 0.1) is 0 Å². The van der Waals surface area contributed by atoms with E-state index in [9.17, 15) is 9.90 Å². The maximum atomic E-state index is 13.3. The highest BCUT2D eigenvalue weighted by Crippen LogP contribution is 2.31. The van der Waals surface area contributed by atoms with Gasteiger partial charge in [-0.25, -0.2) is 4.99 Å². The molecular weight excluding hydrogens is 380 g/mol. The SMILES string of the molecule is COc1ccc(N2C(=O)/C(=C\c3ccc(OC)c(O)c3)N=C2c2ccccc2)cc1. The lowest BCUT2D eigenvalue weighted by molar-refractivity contribution is -0.113. The minimum atomic E-state index is -0.255. The normalized spacial score (nSPS) is 14.7. The van der Waals surface area contributed by atoms with Gasteiger partial charge in [-0.15, -0.1) is 0 Å². The van der Waals surface area contributed by atoms with Crippen LogP contribution in [0.4, 0.5) is 5.69 Å². The quantitative estimate of drug-likeness (QED) is 0.650. The fourth-order valence-electron chi connectivity index (χ4n) is 3.22. The van der Waals surface area contributed by atoms with Crippen LogP contribution in [0.2, 0.25) is 0 Å². The molecule has 1 aliphatic rings. The molecule has 150 valence electrons. The first-order valence-corrected chi connectivity index (χ1v) is 9.32. The zero-order chi connectivity index (χ0) is 21.1. The van der Waals surface area contributed by atoms with Gasteiger partial charge in [0.15, 0.2) is 11.5 Å². The molecule has 0 saturated carbocycles. The van der Waals surface area contributed by atoms with Gasteiger partial charge in [-0.1, -0.05) is 36.4 Å². The summed E-state index contributed by atoms with van der Waals surface area (Å²) in [4.78, 5) is 19.5. The monoisotopic (exact) mass is 400 g/mol. The molecule has 0 aliphatic carbocycles. The van der Waals surface area contributed by atoms with E-state index in [1.165, 1.54) is 13.2 Å². The molecule has 0 atom stereocenters. The highest BCUT2D eigenvalue weighted by Gasteiger charge is 2.32. The molecule has 6 nitrogen and oxygen atoms in total. The molecule has 1 heterocycles. The Kier molecular flexibility index (Phi) is 5.22. The third kappa shape index (κ3) is 3.63. The smallest absolute Gasteiger partial charge is 0.282 e. The van der Waals surface area contributed by atoms with Crippen molar-refractivity contribution in [3.63, 3.8) is 0 Å². The molecule has 0 spiro atoms. The predicted octanol–water partition coefficient (Wildman–Crippen LogP) is 4.24. The average Bonchev–Trinajstić information content (AvgIpc) is 3.10. The van der Waals surface area contributed by atoms with E-state index in [1.54, 1.807) is 42.4 Å². The third-order valence-electron chi connectivity index (χ3n) is 4.73. The summed E-state index contributed by atoms with van der Waals surface area (Å²) < 4.78 is 10.3. The lowest BCUT2D eigenvalue weighted by atomic mass is 10.1. The van der Waals surface area contributed by atoms with Gasteiger partial charge in [0, 0.05) is 5.56 Å². The molecule has 0 bridgehead atoms. The van der Waals surface area contributed by atoms with Crippen LogP contribution in [0.1, 0.15) is 11.1 Å². The van der Waals surface area contributed by atoms with Gasteiger partial charge in [0.2, 0.25) is 0 Å². The molecule has 0 radical (unpaired) electrons. The van der Waals surface area contributed by atoms with E-state index in [2.05, 4.69) is 4.99 Å². The fraction of sp³-hybridized carbons (Fsp3) is 0.0833. The summed E-state index contributed by atoms with van der Waals surface area (Å²) in [6.45, 7) is 0. The highest BCUT2D eigenvalue weighted by molar-refractivity contribution is 6.33. The van der Waals surface area contributed by atoms with Gasteiger partial charge in [-0.3, -0.25) is 9.69 Å². The Hall–Kier alpha value is -4.06. The number of benzene rings is 3. The van der Waals surface area contributed by atoms with Crippen LogP contribution in [0.3, 0.4) is 0 Å². The number of rotatable bonds is 5. The van der Waals surface area contributed by atoms with Gasteiger partial charge < -0.3 is 14.6 Å². The van der Waals surface area contributed by atoms with Crippen molar-refractivity contribution >= 4 is 23.5 Å². The van der Waals surface area contributed by atoms with E-state index in [4.69, 9.17) is 9.47 Å². The molecule has 0 saturated heterocycles. The van der Waals surface area contributed by atoms with E-state index >= 15 is 0 Å². The number of amides is 1. The van der Waals surface area contributed by atoms with Crippen LogP contribution < -0.4 is 14.4 Å². The lowest BCUT2D eigenvalue weighted by Crippen LogP contribution is -2.32. The van der Waals surface area contributed by atoms with Crippen molar-refractivity contribution in [1.29, 1.82) is 0 Å². The van der Waals surface area contributed by atoms with Crippen molar-refractivity contribution in [2.75, 3.05) is 19.1 Å². The summed E-state index contributed by atoms with van der Waals surface area (Å²) in [5.41, 5.74) is 2.42. The summed E-state index contributed by atoms with van der Waals surface area (Å²) in [5, 5.41) is 10.0. The van der Waals surface area contributed by atoms with E-state index in [-0.39, 0.29) is 17.4 Å². The molecule has 0 fully saturated rings. The van der Waals surface area contributed by atoms with Crippen molar-refractivity contribution in [2.45, 2.75) is 0 Å². The molecule has 3 aromatic carbocycles. The number of carbonyl (C=O) groups is 1. The summed E-state index contributed by atoms with van der Waals surface area (Å²) in [6.07, 6.45) is 1.65. The second-order valence-corrected chi connectivity index (χ2v) is 6.60.